The van der Waals surface area contributed by atoms with E-state index in [-0.39, 0.29) is 11.9 Å². The van der Waals surface area contributed by atoms with Crippen LogP contribution in [0.4, 0.5) is 0 Å². The molecule has 0 aliphatic carbocycles. The average Bonchev–Trinajstić information content (AvgIpc) is 2.83. The zero-order valence-electron chi connectivity index (χ0n) is 12.4. The van der Waals surface area contributed by atoms with Gasteiger partial charge in [-0.15, -0.1) is 0 Å². The predicted molar refractivity (Wildman–Crippen MR) is 76.0 cm³/mol. The van der Waals surface area contributed by atoms with Crippen molar-refractivity contribution >= 4 is 5.97 Å². The van der Waals surface area contributed by atoms with E-state index in [4.69, 9.17) is 4.74 Å². The molecule has 1 N–H and O–H groups in total. The monoisotopic (exact) mass is 268 g/mol. The van der Waals surface area contributed by atoms with Gasteiger partial charge >= 0.3 is 5.97 Å². The van der Waals surface area contributed by atoms with Crippen molar-refractivity contribution in [1.82, 2.24) is 10.2 Å². The van der Waals surface area contributed by atoms with E-state index in [2.05, 4.69) is 17.1 Å². The largest absolute Gasteiger partial charge is 0.466 e. The van der Waals surface area contributed by atoms with Gasteiger partial charge in [0.15, 0.2) is 0 Å². The first-order valence-electron chi connectivity index (χ1n) is 7.81. The van der Waals surface area contributed by atoms with Crippen molar-refractivity contribution in [2.75, 3.05) is 32.8 Å². The molecule has 2 saturated heterocycles. The SMILES string of the molecule is CCOC(=O)C1CCN(CC[C@@H]2C[C@H](C)CN2)CC1. The Hall–Kier alpha value is -0.610. The molecule has 0 aromatic heterocycles. The molecular formula is C15H28N2O2. The molecule has 0 amide bonds. The number of nitrogens with zero attached hydrogens (tertiary/aromatic N) is 1. The maximum atomic E-state index is 11.7. The first kappa shape index (κ1) is 14.8. The van der Waals surface area contributed by atoms with Gasteiger partial charge in [-0.1, -0.05) is 6.92 Å². The number of carbonyl (C=O) groups is 1. The summed E-state index contributed by atoms with van der Waals surface area (Å²) in [4.78, 5) is 14.2. The molecule has 2 atom stereocenters. The smallest absolute Gasteiger partial charge is 0.309 e. The minimum atomic E-state index is 0.00781. The molecule has 2 aliphatic rings. The topological polar surface area (TPSA) is 41.6 Å². The summed E-state index contributed by atoms with van der Waals surface area (Å²) in [6, 6.07) is 0.706. The summed E-state index contributed by atoms with van der Waals surface area (Å²) in [6.07, 6.45) is 4.49. The van der Waals surface area contributed by atoms with Crippen LogP contribution >= 0.6 is 0 Å². The standard InChI is InChI=1S/C15H28N2O2/c1-3-19-15(18)13-4-7-17(8-5-13)9-6-14-10-12(2)11-16-14/h12-14,16H,3-11H2,1-2H3/t12-,14+/m0/s1. The Morgan fingerprint density at radius 1 is 1.37 bits per heavy atom. The van der Waals surface area contributed by atoms with Crippen molar-refractivity contribution < 1.29 is 9.53 Å². The molecular weight excluding hydrogens is 240 g/mol. The molecule has 2 fully saturated rings. The van der Waals surface area contributed by atoms with Gasteiger partial charge in [0.25, 0.3) is 0 Å². The fourth-order valence-electron chi connectivity index (χ4n) is 3.23. The normalized spacial score (nSPS) is 29.6. The van der Waals surface area contributed by atoms with Gasteiger partial charge in [-0.2, -0.15) is 0 Å². The molecule has 0 aromatic rings. The fourth-order valence-corrected chi connectivity index (χ4v) is 3.23. The number of hydrogen-bond donors (Lipinski definition) is 1. The number of hydrogen-bond acceptors (Lipinski definition) is 4. The summed E-state index contributed by atoms with van der Waals surface area (Å²) in [7, 11) is 0. The Labute approximate surface area is 116 Å². The van der Waals surface area contributed by atoms with Crippen molar-refractivity contribution in [2.45, 2.75) is 45.6 Å². The van der Waals surface area contributed by atoms with E-state index in [1.807, 2.05) is 6.92 Å². The molecule has 0 spiro atoms. The van der Waals surface area contributed by atoms with Crippen molar-refractivity contribution in [3.63, 3.8) is 0 Å². The highest BCUT2D eigenvalue weighted by atomic mass is 16.5. The second-order valence-corrected chi connectivity index (χ2v) is 6.10. The zero-order chi connectivity index (χ0) is 13.7. The molecule has 4 heteroatoms. The van der Waals surface area contributed by atoms with Crippen LogP contribution in [0.5, 0.6) is 0 Å². The lowest BCUT2D eigenvalue weighted by molar-refractivity contribution is -0.149. The number of piperidine rings is 1. The Bertz CT molecular complexity index is 288. The fraction of sp³-hybridized carbons (Fsp3) is 0.933. The van der Waals surface area contributed by atoms with E-state index in [0.717, 1.165) is 31.8 Å². The van der Waals surface area contributed by atoms with E-state index < -0.39 is 0 Å². The summed E-state index contributed by atoms with van der Waals surface area (Å²) in [5.41, 5.74) is 0. The number of rotatable bonds is 5. The van der Waals surface area contributed by atoms with Gasteiger partial charge < -0.3 is 15.0 Å². The van der Waals surface area contributed by atoms with E-state index in [0.29, 0.717) is 12.6 Å². The highest BCUT2D eigenvalue weighted by Crippen LogP contribution is 2.20. The van der Waals surface area contributed by atoms with Crippen LogP contribution in [0.2, 0.25) is 0 Å². The molecule has 0 saturated carbocycles. The molecule has 4 nitrogen and oxygen atoms in total. The lowest BCUT2D eigenvalue weighted by Crippen LogP contribution is -2.39. The zero-order valence-corrected chi connectivity index (χ0v) is 12.4. The second kappa shape index (κ2) is 7.25. The third-order valence-corrected chi connectivity index (χ3v) is 4.44. The molecule has 19 heavy (non-hydrogen) atoms. The molecule has 0 unspecified atom stereocenters. The number of ether oxygens (including phenoxy) is 1. The number of likely N-dealkylation sites (tertiary alicyclic amines) is 1. The number of carbonyl (C=O) groups excluding carboxylic acids is 1. The van der Waals surface area contributed by atoms with E-state index >= 15 is 0 Å². The Kier molecular flexibility index (Phi) is 5.64. The van der Waals surface area contributed by atoms with Gasteiger partial charge in [0.2, 0.25) is 0 Å². The van der Waals surface area contributed by atoms with Gasteiger partial charge in [-0.3, -0.25) is 4.79 Å². The van der Waals surface area contributed by atoms with Crippen molar-refractivity contribution in [1.29, 1.82) is 0 Å². The Morgan fingerprint density at radius 3 is 2.68 bits per heavy atom. The van der Waals surface area contributed by atoms with Crippen LogP contribution in [0.1, 0.15) is 39.5 Å². The van der Waals surface area contributed by atoms with Gasteiger partial charge in [0, 0.05) is 6.04 Å². The first-order valence-corrected chi connectivity index (χ1v) is 7.81. The van der Waals surface area contributed by atoms with Crippen molar-refractivity contribution in [3.05, 3.63) is 0 Å². The minimum absolute atomic E-state index is 0.00781. The quantitative estimate of drug-likeness (QED) is 0.770. The van der Waals surface area contributed by atoms with Crippen molar-refractivity contribution in [2.24, 2.45) is 11.8 Å². The first-order chi connectivity index (χ1) is 9.19. The maximum Gasteiger partial charge on any atom is 0.309 e. The highest BCUT2D eigenvalue weighted by Gasteiger charge is 2.27. The summed E-state index contributed by atoms with van der Waals surface area (Å²) >= 11 is 0. The Morgan fingerprint density at radius 2 is 2.11 bits per heavy atom. The molecule has 110 valence electrons. The summed E-state index contributed by atoms with van der Waals surface area (Å²) in [5.74, 6) is 0.980. The summed E-state index contributed by atoms with van der Waals surface area (Å²) in [6.45, 7) is 9.14. The molecule has 0 aromatic carbocycles. The molecule has 2 heterocycles. The molecule has 0 radical (unpaired) electrons. The third kappa shape index (κ3) is 4.46. The average molecular weight is 268 g/mol. The molecule has 2 rings (SSSR count). The number of esters is 1. The van der Waals surface area contributed by atoms with Crippen LogP contribution < -0.4 is 5.32 Å². The van der Waals surface area contributed by atoms with Crippen LogP contribution in [-0.4, -0.2) is 49.7 Å². The van der Waals surface area contributed by atoms with Crippen LogP contribution in [0.3, 0.4) is 0 Å². The summed E-state index contributed by atoms with van der Waals surface area (Å²) < 4.78 is 5.10. The lowest BCUT2D eigenvalue weighted by Gasteiger charge is -2.31. The van der Waals surface area contributed by atoms with Gasteiger partial charge in [0.1, 0.15) is 0 Å². The molecule has 2 aliphatic heterocycles. The maximum absolute atomic E-state index is 11.7. The molecule has 0 bridgehead atoms. The Balaban J connectivity index is 1.62. The van der Waals surface area contributed by atoms with E-state index in [9.17, 15) is 4.79 Å². The third-order valence-electron chi connectivity index (χ3n) is 4.44. The summed E-state index contributed by atoms with van der Waals surface area (Å²) in [5, 5.41) is 3.59. The van der Waals surface area contributed by atoms with Crippen LogP contribution in [0.15, 0.2) is 0 Å². The van der Waals surface area contributed by atoms with E-state index in [1.165, 1.54) is 25.9 Å². The second-order valence-electron chi connectivity index (χ2n) is 6.10. The van der Waals surface area contributed by atoms with Gasteiger partial charge in [-0.05, 0) is 64.7 Å². The van der Waals surface area contributed by atoms with E-state index in [1.54, 1.807) is 0 Å². The van der Waals surface area contributed by atoms with Crippen LogP contribution in [0.25, 0.3) is 0 Å². The van der Waals surface area contributed by atoms with Gasteiger partial charge in [0.05, 0.1) is 12.5 Å². The minimum Gasteiger partial charge on any atom is -0.466 e. The van der Waals surface area contributed by atoms with Crippen LogP contribution in [0, 0.1) is 11.8 Å². The number of nitrogens with one attached hydrogen (secondary N) is 1. The predicted octanol–water partition coefficient (Wildman–Crippen LogP) is 1.65. The van der Waals surface area contributed by atoms with Crippen LogP contribution in [-0.2, 0) is 9.53 Å². The highest BCUT2D eigenvalue weighted by molar-refractivity contribution is 5.72. The van der Waals surface area contributed by atoms with Crippen molar-refractivity contribution in [3.8, 4) is 0 Å². The van der Waals surface area contributed by atoms with Gasteiger partial charge in [-0.25, -0.2) is 0 Å². The lowest BCUT2D eigenvalue weighted by atomic mass is 9.96.